The summed E-state index contributed by atoms with van der Waals surface area (Å²) in [6, 6.07) is 10.6. The van der Waals surface area contributed by atoms with Crippen LogP contribution >= 0.6 is 0 Å². The molecule has 0 amide bonds. The Morgan fingerprint density at radius 3 is 2.64 bits per heavy atom. The molecular formula is C23H28N4O. The molecule has 3 heterocycles. The van der Waals surface area contributed by atoms with E-state index >= 15 is 0 Å². The molecule has 1 aromatic carbocycles. The lowest BCUT2D eigenvalue weighted by Gasteiger charge is -2.34. The fraction of sp³-hybridized carbons (Fsp3) is 0.478. The lowest BCUT2D eigenvalue weighted by Crippen LogP contribution is -2.50. The van der Waals surface area contributed by atoms with Gasteiger partial charge in [-0.3, -0.25) is 19.4 Å². The molecule has 2 aliphatic rings. The van der Waals surface area contributed by atoms with Gasteiger partial charge >= 0.3 is 0 Å². The minimum Gasteiger partial charge on any atom is -0.294 e. The second kappa shape index (κ2) is 6.89. The molecule has 1 aliphatic carbocycles. The molecule has 1 saturated heterocycles. The van der Waals surface area contributed by atoms with Crippen molar-refractivity contribution < 1.29 is 0 Å². The summed E-state index contributed by atoms with van der Waals surface area (Å²) in [5.41, 5.74) is 4.45. The Morgan fingerprint density at radius 1 is 1.11 bits per heavy atom. The van der Waals surface area contributed by atoms with E-state index in [1.165, 1.54) is 16.5 Å². The van der Waals surface area contributed by atoms with Crippen LogP contribution in [0.4, 0.5) is 0 Å². The fourth-order valence-corrected chi connectivity index (χ4v) is 5.28. The predicted molar refractivity (Wildman–Crippen MR) is 112 cm³/mol. The summed E-state index contributed by atoms with van der Waals surface area (Å²) in [6.45, 7) is 0.956. The highest BCUT2D eigenvalue weighted by atomic mass is 16.1. The van der Waals surface area contributed by atoms with Gasteiger partial charge in [0.1, 0.15) is 11.3 Å². The molecule has 3 aromatic rings. The Labute approximate surface area is 165 Å². The van der Waals surface area contributed by atoms with Gasteiger partial charge in [0, 0.05) is 18.0 Å². The number of aryl methyl sites for hydroxylation is 3. The van der Waals surface area contributed by atoms with Gasteiger partial charge in [-0.05, 0) is 69.0 Å². The molecule has 1 atom stereocenters. The third-order valence-corrected chi connectivity index (χ3v) is 6.69. The van der Waals surface area contributed by atoms with E-state index in [0.717, 1.165) is 69.1 Å². The van der Waals surface area contributed by atoms with E-state index < -0.39 is 0 Å². The van der Waals surface area contributed by atoms with Gasteiger partial charge in [-0.1, -0.05) is 30.3 Å². The van der Waals surface area contributed by atoms with Crippen molar-refractivity contribution in [2.75, 3.05) is 6.54 Å². The lowest BCUT2D eigenvalue weighted by molar-refractivity contribution is 0.229. The van der Waals surface area contributed by atoms with Gasteiger partial charge in [-0.15, -0.1) is 0 Å². The molecule has 1 N–H and O–H groups in total. The predicted octanol–water partition coefficient (Wildman–Crippen LogP) is 3.28. The molecule has 0 unspecified atom stereocenters. The number of pyridine rings is 1. The molecule has 1 aliphatic heterocycles. The topological polar surface area (TPSA) is 51.9 Å². The van der Waals surface area contributed by atoms with E-state index in [4.69, 9.17) is 0 Å². The summed E-state index contributed by atoms with van der Waals surface area (Å²) in [5.74, 6) is 0. The van der Waals surface area contributed by atoms with Gasteiger partial charge < -0.3 is 0 Å². The van der Waals surface area contributed by atoms with E-state index in [2.05, 4.69) is 45.3 Å². The molecule has 0 spiro atoms. The van der Waals surface area contributed by atoms with Crippen molar-refractivity contribution in [2.45, 2.75) is 57.0 Å². The molecule has 5 heteroatoms. The first kappa shape index (κ1) is 17.7. The molecule has 0 radical (unpaired) electrons. The number of aromatic nitrogens is 3. The standard InChI is InChI=1S/C23H28N4O/c1-26-21-20(16-25-26)18-10-5-6-11-19(18)22(28)27(21)23(13-7-15-24-23)14-12-17-8-3-2-4-9-17/h2-4,8-9,16,24H,5-7,10-15H2,1H3/t23-/m0/s1. The quantitative estimate of drug-likeness (QED) is 0.760. The molecule has 0 saturated carbocycles. The minimum absolute atomic E-state index is 0.202. The number of hydrogen-bond acceptors (Lipinski definition) is 3. The molecule has 0 bridgehead atoms. The zero-order chi connectivity index (χ0) is 19.1. The highest BCUT2D eigenvalue weighted by molar-refractivity contribution is 5.81. The fourth-order valence-electron chi connectivity index (χ4n) is 5.28. The average Bonchev–Trinajstić information content (AvgIpc) is 3.36. The van der Waals surface area contributed by atoms with E-state index in [-0.39, 0.29) is 11.2 Å². The first-order chi connectivity index (χ1) is 13.7. The minimum atomic E-state index is -0.328. The third kappa shape index (κ3) is 2.72. The van der Waals surface area contributed by atoms with Gasteiger partial charge in [0.15, 0.2) is 0 Å². The molecule has 2 aromatic heterocycles. The van der Waals surface area contributed by atoms with Crippen molar-refractivity contribution >= 4 is 11.0 Å². The molecule has 5 rings (SSSR count). The van der Waals surface area contributed by atoms with Gasteiger partial charge in [-0.25, -0.2) is 0 Å². The van der Waals surface area contributed by atoms with Crippen LogP contribution in [0.2, 0.25) is 0 Å². The Hall–Kier alpha value is -2.40. The van der Waals surface area contributed by atoms with E-state index in [1.54, 1.807) is 0 Å². The lowest BCUT2D eigenvalue weighted by atomic mass is 9.89. The van der Waals surface area contributed by atoms with E-state index in [9.17, 15) is 4.79 Å². The molecule has 5 nitrogen and oxygen atoms in total. The summed E-state index contributed by atoms with van der Waals surface area (Å²) >= 11 is 0. The van der Waals surface area contributed by atoms with Crippen LogP contribution in [0.15, 0.2) is 41.3 Å². The van der Waals surface area contributed by atoms with Crippen LogP contribution in [0.5, 0.6) is 0 Å². The third-order valence-electron chi connectivity index (χ3n) is 6.69. The second-order valence-corrected chi connectivity index (χ2v) is 8.36. The first-order valence-electron chi connectivity index (χ1n) is 10.6. The first-order valence-corrected chi connectivity index (χ1v) is 10.6. The van der Waals surface area contributed by atoms with Gasteiger partial charge in [-0.2, -0.15) is 5.10 Å². The molecule has 28 heavy (non-hydrogen) atoms. The van der Waals surface area contributed by atoms with Crippen LogP contribution in [0.25, 0.3) is 11.0 Å². The Bertz CT molecular complexity index is 1060. The zero-order valence-corrected chi connectivity index (χ0v) is 16.6. The SMILES string of the molecule is Cn1ncc2c3c(c(=O)n([C@]4(CCc5ccccc5)CCCN4)c21)CCCC3. The maximum atomic E-state index is 13.8. The summed E-state index contributed by atoms with van der Waals surface area (Å²) in [7, 11) is 1.97. The van der Waals surface area contributed by atoms with E-state index in [0.29, 0.717) is 0 Å². The Morgan fingerprint density at radius 2 is 1.89 bits per heavy atom. The molecular weight excluding hydrogens is 348 g/mol. The van der Waals surface area contributed by atoms with Crippen molar-refractivity contribution in [3.8, 4) is 0 Å². The smallest absolute Gasteiger partial charge is 0.257 e. The largest absolute Gasteiger partial charge is 0.294 e. The van der Waals surface area contributed by atoms with Crippen molar-refractivity contribution in [1.29, 1.82) is 0 Å². The number of fused-ring (bicyclic) bond motifs is 3. The van der Waals surface area contributed by atoms with Crippen LogP contribution in [-0.2, 0) is 32.0 Å². The Kier molecular flexibility index (Phi) is 4.35. The zero-order valence-electron chi connectivity index (χ0n) is 16.6. The average molecular weight is 377 g/mol. The van der Waals surface area contributed by atoms with Crippen molar-refractivity contribution in [3.63, 3.8) is 0 Å². The maximum Gasteiger partial charge on any atom is 0.257 e. The van der Waals surface area contributed by atoms with E-state index in [1.807, 2.05) is 17.9 Å². The van der Waals surface area contributed by atoms with Crippen LogP contribution in [-0.4, -0.2) is 20.9 Å². The van der Waals surface area contributed by atoms with Crippen molar-refractivity contribution in [2.24, 2.45) is 7.05 Å². The van der Waals surface area contributed by atoms with Gasteiger partial charge in [0.2, 0.25) is 0 Å². The summed E-state index contributed by atoms with van der Waals surface area (Å²) in [6.07, 6.45) is 10.1. The maximum absolute atomic E-state index is 13.8. The van der Waals surface area contributed by atoms with Crippen molar-refractivity contribution in [1.82, 2.24) is 19.7 Å². The second-order valence-electron chi connectivity index (χ2n) is 8.36. The number of hydrogen-bond donors (Lipinski definition) is 1. The molecule has 146 valence electrons. The van der Waals surface area contributed by atoms with Crippen LogP contribution in [0.1, 0.15) is 48.8 Å². The number of nitrogens with one attached hydrogen (secondary N) is 1. The normalized spacial score (nSPS) is 21.9. The number of nitrogens with zero attached hydrogens (tertiary/aromatic N) is 3. The monoisotopic (exact) mass is 376 g/mol. The van der Waals surface area contributed by atoms with Gasteiger partial charge in [0.25, 0.3) is 5.56 Å². The highest BCUT2D eigenvalue weighted by Crippen LogP contribution is 2.34. The highest BCUT2D eigenvalue weighted by Gasteiger charge is 2.39. The van der Waals surface area contributed by atoms with Crippen molar-refractivity contribution in [3.05, 3.63) is 63.6 Å². The summed E-state index contributed by atoms with van der Waals surface area (Å²) in [5, 5.41) is 9.46. The van der Waals surface area contributed by atoms with Crippen LogP contribution < -0.4 is 10.9 Å². The van der Waals surface area contributed by atoms with Gasteiger partial charge in [0.05, 0.1) is 6.20 Å². The number of rotatable bonds is 4. The molecule has 1 fully saturated rings. The number of benzene rings is 1. The Balaban J connectivity index is 1.68. The van der Waals surface area contributed by atoms with Crippen LogP contribution in [0, 0.1) is 0 Å². The summed E-state index contributed by atoms with van der Waals surface area (Å²) < 4.78 is 3.98. The van der Waals surface area contributed by atoms with Crippen LogP contribution in [0.3, 0.4) is 0 Å². The summed E-state index contributed by atoms with van der Waals surface area (Å²) in [4.78, 5) is 13.8.